The zero-order valence-corrected chi connectivity index (χ0v) is 19.8. The van der Waals surface area contributed by atoms with Crippen LogP contribution in [0.2, 0.25) is 10.0 Å². The van der Waals surface area contributed by atoms with Crippen molar-refractivity contribution in [1.29, 1.82) is 0 Å². The van der Waals surface area contributed by atoms with Crippen molar-refractivity contribution in [3.05, 3.63) is 44.9 Å². The molecule has 2 aromatic rings. The van der Waals surface area contributed by atoms with Gasteiger partial charge < -0.3 is 15.1 Å². The Morgan fingerprint density at radius 2 is 1.91 bits per heavy atom. The lowest BCUT2D eigenvalue weighted by Gasteiger charge is -2.26. The zero-order chi connectivity index (χ0) is 22.7. The van der Waals surface area contributed by atoms with Gasteiger partial charge in [0, 0.05) is 29.5 Å². The first kappa shape index (κ1) is 23.0. The van der Waals surface area contributed by atoms with Gasteiger partial charge in [0.1, 0.15) is 6.54 Å². The summed E-state index contributed by atoms with van der Waals surface area (Å²) in [5, 5.41) is 5.67. The van der Waals surface area contributed by atoms with E-state index in [1.807, 2.05) is 4.90 Å². The summed E-state index contributed by atoms with van der Waals surface area (Å²) >= 11 is 13.4. The highest BCUT2D eigenvalue weighted by Crippen LogP contribution is 2.30. The van der Waals surface area contributed by atoms with E-state index in [-0.39, 0.29) is 41.8 Å². The molecule has 1 aromatic heterocycles. The molecule has 0 unspecified atom stereocenters. The summed E-state index contributed by atoms with van der Waals surface area (Å²) in [4.78, 5) is 45.8. The molecule has 0 spiro atoms. The number of rotatable bonds is 7. The fraction of sp³-hybridized carbons (Fsp3) is 0.455. The molecule has 1 saturated carbocycles. The highest BCUT2D eigenvalue weighted by Gasteiger charge is 2.35. The number of carbonyl (C=O) groups excluding carboxylic acids is 3. The Hall–Kier alpha value is -2.16. The van der Waals surface area contributed by atoms with Crippen LogP contribution in [-0.4, -0.2) is 58.2 Å². The molecule has 0 atom stereocenters. The summed E-state index contributed by atoms with van der Waals surface area (Å²) in [6, 6.07) is 4.72. The quantitative estimate of drug-likeness (QED) is 0.623. The second kappa shape index (κ2) is 10.2. The van der Waals surface area contributed by atoms with Crippen LogP contribution in [0.25, 0.3) is 0 Å². The highest BCUT2D eigenvalue weighted by atomic mass is 35.5. The largest absolute Gasteiger partial charge is 0.342 e. The van der Waals surface area contributed by atoms with Crippen LogP contribution in [0.3, 0.4) is 0 Å². The number of halogens is 2. The minimum absolute atomic E-state index is 0.0222. The maximum absolute atomic E-state index is 13.0. The summed E-state index contributed by atoms with van der Waals surface area (Å²) in [7, 11) is 0. The number of anilines is 1. The molecule has 1 saturated heterocycles. The van der Waals surface area contributed by atoms with Gasteiger partial charge in [0.2, 0.25) is 11.8 Å². The van der Waals surface area contributed by atoms with Crippen molar-refractivity contribution in [3.8, 4) is 0 Å². The summed E-state index contributed by atoms with van der Waals surface area (Å²) in [5.41, 5.74) is 0.965. The second-order valence-electron chi connectivity index (χ2n) is 8.10. The summed E-state index contributed by atoms with van der Waals surface area (Å²) < 4.78 is 0. The van der Waals surface area contributed by atoms with Gasteiger partial charge in [0.05, 0.1) is 22.7 Å². The van der Waals surface area contributed by atoms with Gasteiger partial charge in [-0.25, -0.2) is 4.98 Å². The van der Waals surface area contributed by atoms with E-state index in [2.05, 4.69) is 10.3 Å². The zero-order valence-electron chi connectivity index (χ0n) is 17.5. The normalized spacial score (nSPS) is 16.0. The number of benzene rings is 1. The lowest BCUT2D eigenvalue weighted by atomic mass is 10.1. The van der Waals surface area contributed by atoms with Crippen LogP contribution in [0, 0.1) is 0 Å². The third kappa shape index (κ3) is 5.79. The van der Waals surface area contributed by atoms with Crippen LogP contribution >= 0.6 is 34.5 Å². The van der Waals surface area contributed by atoms with Crippen LogP contribution in [0.4, 0.5) is 5.13 Å². The molecule has 4 rings (SSSR count). The van der Waals surface area contributed by atoms with Crippen LogP contribution in [0.5, 0.6) is 0 Å². The minimum atomic E-state index is -0.335. The van der Waals surface area contributed by atoms with Gasteiger partial charge in [-0.3, -0.25) is 14.4 Å². The molecule has 2 heterocycles. The number of aromatic nitrogens is 1. The summed E-state index contributed by atoms with van der Waals surface area (Å²) in [6.45, 7) is 1.51. The number of hydrogen-bond donors (Lipinski definition) is 1. The molecule has 0 bridgehead atoms. The number of piperidine rings is 1. The highest BCUT2D eigenvalue weighted by molar-refractivity contribution is 7.13. The monoisotopic (exact) mass is 494 g/mol. The molecule has 7 nitrogen and oxygen atoms in total. The van der Waals surface area contributed by atoms with E-state index in [1.54, 1.807) is 22.4 Å². The Kier molecular flexibility index (Phi) is 7.33. The van der Waals surface area contributed by atoms with Crippen molar-refractivity contribution in [2.75, 3.05) is 25.0 Å². The van der Waals surface area contributed by atoms with Gasteiger partial charge >= 0.3 is 0 Å². The van der Waals surface area contributed by atoms with Crippen LogP contribution < -0.4 is 5.32 Å². The summed E-state index contributed by atoms with van der Waals surface area (Å²) in [6.07, 6.45) is 5.19. The van der Waals surface area contributed by atoms with Crippen molar-refractivity contribution in [1.82, 2.24) is 14.8 Å². The number of nitrogens with one attached hydrogen (secondary N) is 1. The second-order valence-corrected chi connectivity index (χ2v) is 9.80. The van der Waals surface area contributed by atoms with Gasteiger partial charge in [-0.1, -0.05) is 23.2 Å². The molecular formula is C22H24Cl2N4O3S. The number of thiazole rings is 1. The van der Waals surface area contributed by atoms with Gasteiger partial charge in [-0.15, -0.1) is 11.3 Å². The summed E-state index contributed by atoms with van der Waals surface area (Å²) in [5.74, 6) is -0.562. The van der Waals surface area contributed by atoms with Crippen LogP contribution in [-0.2, 0) is 16.0 Å². The van der Waals surface area contributed by atoms with Crippen molar-refractivity contribution in [2.45, 2.75) is 44.6 Å². The fourth-order valence-corrected chi connectivity index (χ4v) is 4.96. The molecule has 170 valence electrons. The molecule has 2 fully saturated rings. The molecular weight excluding hydrogens is 471 g/mol. The van der Waals surface area contributed by atoms with Gasteiger partial charge in [0.15, 0.2) is 5.13 Å². The molecule has 0 radical (unpaired) electrons. The lowest BCUT2D eigenvalue weighted by Crippen LogP contribution is -2.39. The average Bonchev–Trinajstić information content (AvgIpc) is 3.52. The maximum atomic E-state index is 13.0. The molecule has 1 aliphatic heterocycles. The Morgan fingerprint density at radius 3 is 2.59 bits per heavy atom. The molecule has 1 aromatic carbocycles. The molecule has 3 amide bonds. The third-order valence-corrected chi connectivity index (χ3v) is 6.92. The van der Waals surface area contributed by atoms with E-state index in [4.69, 9.17) is 23.2 Å². The fourth-order valence-electron chi connectivity index (χ4n) is 3.74. The molecule has 1 aliphatic carbocycles. The predicted octanol–water partition coefficient (Wildman–Crippen LogP) is 4.25. The Balaban J connectivity index is 1.35. The number of hydrogen-bond acceptors (Lipinski definition) is 5. The van der Waals surface area contributed by atoms with E-state index in [1.165, 1.54) is 23.8 Å². The number of carbonyl (C=O) groups is 3. The van der Waals surface area contributed by atoms with Crippen molar-refractivity contribution in [3.63, 3.8) is 0 Å². The Labute approximate surface area is 200 Å². The number of amides is 3. The predicted molar refractivity (Wildman–Crippen MR) is 125 cm³/mol. The lowest BCUT2D eigenvalue weighted by molar-refractivity contribution is -0.131. The van der Waals surface area contributed by atoms with E-state index in [9.17, 15) is 14.4 Å². The SMILES string of the molecule is O=C(CN(C(=O)c1ccc(Cl)cc1Cl)C1CC1)Nc1nc(CC(=O)N2CCCCC2)cs1. The molecule has 32 heavy (non-hydrogen) atoms. The molecule has 10 heteroatoms. The van der Waals surface area contributed by atoms with Gasteiger partial charge in [-0.2, -0.15) is 0 Å². The topological polar surface area (TPSA) is 82.6 Å². The third-order valence-electron chi connectivity index (χ3n) is 5.56. The van der Waals surface area contributed by atoms with Crippen LogP contribution in [0.15, 0.2) is 23.6 Å². The minimum Gasteiger partial charge on any atom is -0.342 e. The van der Waals surface area contributed by atoms with Gasteiger partial charge in [0.25, 0.3) is 5.91 Å². The smallest absolute Gasteiger partial charge is 0.256 e. The van der Waals surface area contributed by atoms with Crippen molar-refractivity contribution >= 4 is 57.4 Å². The first-order valence-electron chi connectivity index (χ1n) is 10.7. The van der Waals surface area contributed by atoms with Crippen molar-refractivity contribution in [2.24, 2.45) is 0 Å². The van der Waals surface area contributed by atoms with E-state index >= 15 is 0 Å². The van der Waals surface area contributed by atoms with Crippen LogP contribution in [0.1, 0.15) is 48.2 Å². The average molecular weight is 495 g/mol. The Bertz CT molecular complexity index is 1020. The molecule has 2 aliphatic rings. The van der Waals surface area contributed by atoms with Gasteiger partial charge in [-0.05, 0) is 50.3 Å². The number of likely N-dealkylation sites (tertiary alicyclic amines) is 1. The van der Waals surface area contributed by atoms with Crippen molar-refractivity contribution < 1.29 is 14.4 Å². The van der Waals surface area contributed by atoms with E-state index < -0.39 is 0 Å². The maximum Gasteiger partial charge on any atom is 0.256 e. The first-order valence-corrected chi connectivity index (χ1v) is 12.3. The number of nitrogens with zero attached hydrogens (tertiary/aromatic N) is 3. The van der Waals surface area contributed by atoms with E-state index in [0.717, 1.165) is 38.8 Å². The standard InChI is InChI=1S/C22H24Cl2N4O3S/c23-14-4-7-17(18(24)10-14)21(31)28(16-5-6-16)12-19(29)26-22-25-15(13-32-22)11-20(30)27-8-2-1-3-9-27/h4,7,10,13,16H,1-3,5-6,8-9,11-12H2,(H,25,26,29). The first-order chi connectivity index (χ1) is 15.4. The van der Waals surface area contributed by atoms with E-state index in [0.29, 0.717) is 21.4 Å². The molecule has 1 N–H and O–H groups in total. The Morgan fingerprint density at radius 1 is 1.16 bits per heavy atom.